The Morgan fingerprint density at radius 2 is 1.89 bits per heavy atom. The van der Waals surface area contributed by atoms with E-state index in [0.29, 0.717) is 15.7 Å². The fourth-order valence-electron chi connectivity index (χ4n) is 2.35. The van der Waals surface area contributed by atoms with Crippen LogP contribution in [-0.2, 0) is 11.0 Å². The molecule has 3 aromatic rings. The van der Waals surface area contributed by atoms with Crippen molar-refractivity contribution in [1.29, 1.82) is 0 Å². The van der Waals surface area contributed by atoms with Crippen LogP contribution in [0, 0.1) is 6.92 Å². The van der Waals surface area contributed by atoms with Crippen LogP contribution in [0.4, 0.5) is 24.0 Å². The number of thiazole rings is 1. The van der Waals surface area contributed by atoms with E-state index in [9.17, 15) is 18.0 Å². The van der Waals surface area contributed by atoms with Crippen molar-refractivity contribution in [2.75, 3.05) is 10.7 Å². The Hall–Kier alpha value is -2.32. The normalized spacial score (nSPS) is 11.4. The summed E-state index contributed by atoms with van der Waals surface area (Å²) in [5.74, 6) is -0.257. The minimum atomic E-state index is -4.41. The van der Waals surface area contributed by atoms with Crippen LogP contribution >= 0.6 is 23.1 Å². The number of rotatable bonds is 5. The van der Waals surface area contributed by atoms with Crippen molar-refractivity contribution in [1.82, 2.24) is 4.98 Å². The Bertz CT molecular complexity index is 926. The molecule has 3 nitrogen and oxygen atoms in total. The van der Waals surface area contributed by atoms with Crippen LogP contribution in [0.25, 0.3) is 0 Å². The van der Waals surface area contributed by atoms with Crippen molar-refractivity contribution in [3.05, 3.63) is 71.2 Å². The third-order valence-corrected chi connectivity index (χ3v) is 5.51. The van der Waals surface area contributed by atoms with E-state index in [0.717, 1.165) is 29.6 Å². The van der Waals surface area contributed by atoms with Gasteiger partial charge < -0.3 is 0 Å². The van der Waals surface area contributed by atoms with Gasteiger partial charge in [0, 0.05) is 10.3 Å². The topological polar surface area (TPSA) is 33.2 Å². The minimum Gasteiger partial charge on any atom is -0.273 e. The lowest BCUT2D eigenvalue weighted by Gasteiger charge is -2.20. The number of carbonyl (C=O) groups is 1. The molecular formula is C19H15F3N2OS2. The van der Waals surface area contributed by atoms with Gasteiger partial charge in [-0.2, -0.15) is 13.2 Å². The second-order valence-corrected chi connectivity index (χ2v) is 7.54. The van der Waals surface area contributed by atoms with Crippen LogP contribution in [0.3, 0.4) is 0 Å². The molecule has 140 valence electrons. The number of alkyl halides is 3. The van der Waals surface area contributed by atoms with Crippen molar-refractivity contribution < 1.29 is 18.0 Å². The predicted octanol–water partition coefficient (Wildman–Crippen LogP) is 5.93. The van der Waals surface area contributed by atoms with Crippen LogP contribution in [0.1, 0.15) is 11.3 Å². The predicted molar refractivity (Wildman–Crippen MR) is 103 cm³/mol. The summed E-state index contributed by atoms with van der Waals surface area (Å²) in [4.78, 5) is 19.1. The molecule has 1 aromatic heterocycles. The maximum absolute atomic E-state index is 12.9. The zero-order valence-electron chi connectivity index (χ0n) is 14.2. The average Bonchev–Trinajstić information content (AvgIpc) is 3.06. The summed E-state index contributed by atoms with van der Waals surface area (Å²) in [5.41, 5.74) is 0.742. The number of hydrogen-bond donors (Lipinski definition) is 0. The highest BCUT2D eigenvalue weighted by molar-refractivity contribution is 8.00. The highest BCUT2D eigenvalue weighted by Gasteiger charge is 2.30. The molecule has 1 heterocycles. The quantitative estimate of drug-likeness (QED) is 0.491. The van der Waals surface area contributed by atoms with E-state index in [-0.39, 0.29) is 11.7 Å². The third-order valence-electron chi connectivity index (χ3n) is 3.59. The van der Waals surface area contributed by atoms with Gasteiger partial charge in [-0.25, -0.2) is 4.98 Å². The number of nitrogens with zero attached hydrogens (tertiary/aromatic N) is 2. The second-order valence-electron chi connectivity index (χ2n) is 5.65. The SMILES string of the molecule is Cc1csc(N(C(=O)CSc2cccc(C(F)(F)F)c2)c2ccccc2)n1. The molecule has 0 bridgehead atoms. The molecule has 0 fully saturated rings. The van der Waals surface area contributed by atoms with E-state index in [2.05, 4.69) is 4.98 Å². The van der Waals surface area contributed by atoms with Crippen LogP contribution in [-0.4, -0.2) is 16.6 Å². The van der Waals surface area contributed by atoms with Gasteiger partial charge in [-0.3, -0.25) is 9.69 Å². The fourth-order valence-corrected chi connectivity index (χ4v) is 4.00. The highest BCUT2D eigenvalue weighted by atomic mass is 32.2. The monoisotopic (exact) mass is 408 g/mol. The number of benzene rings is 2. The number of carbonyl (C=O) groups excluding carboxylic acids is 1. The largest absolute Gasteiger partial charge is 0.416 e. The molecule has 0 unspecified atom stereocenters. The summed E-state index contributed by atoms with van der Waals surface area (Å²) in [6.07, 6.45) is -4.41. The molecule has 0 saturated heterocycles. The number of hydrogen-bond acceptors (Lipinski definition) is 4. The standard InChI is InChI=1S/C19H15F3N2OS2/c1-13-11-27-18(23-13)24(15-7-3-2-4-8-15)17(25)12-26-16-9-5-6-14(10-16)19(20,21)22/h2-11H,12H2,1H3. The van der Waals surface area contributed by atoms with E-state index in [1.54, 1.807) is 18.2 Å². The lowest BCUT2D eigenvalue weighted by molar-refractivity contribution is -0.137. The molecule has 0 spiro atoms. The molecule has 0 aliphatic heterocycles. The molecule has 0 saturated carbocycles. The van der Waals surface area contributed by atoms with Crippen molar-refractivity contribution in [3.8, 4) is 0 Å². The molecule has 0 radical (unpaired) electrons. The molecule has 0 aliphatic carbocycles. The van der Waals surface area contributed by atoms with Gasteiger partial charge in [0.2, 0.25) is 5.91 Å². The summed E-state index contributed by atoms with van der Waals surface area (Å²) < 4.78 is 38.5. The molecule has 3 rings (SSSR count). The number of aromatic nitrogens is 1. The Labute approximate surface area is 162 Å². The molecule has 1 amide bonds. The average molecular weight is 408 g/mol. The zero-order chi connectivity index (χ0) is 19.4. The third kappa shape index (κ3) is 4.90. The number of anilines is 2. The zero-order valence-corrected chi connectivity index (χ0v) is 15.9. The molecule has 0 aliphatic rings. The van der Waals surface area contributed by atoms with Gasteiger partial charge in [-0.15, -0.1) is 23.1 Å². The minimum absolute atomic E-state index is 0.00513. The molecular weight excluding hydrogens is 393 g/mol. The van der Waals surface area contributed by atoms with E-state index in [1.807, 2.05) is 30.5 Å². The summed E-state index contributed by atoms with van der Waals surface area (Å²) in [6.45, 7) is 1.84. The lowest BCUT2D eigenvalue weighted by atomic mass is 10.2. The van der Waals surface area contributed by atoms with Crippen LogP contribution < -0.4 is 4.90 Å². The number of amides is 1. The highest BCUT2D eigenvalue weighted by Crippen LogP contribution is 2.33. The molecule has 8 heteroatoms. The van der Waals surface area contributed by atoms with Gasteiger partial charge in [-0.05, 0) is 37.3 Å². The van der Waals surface area contributed by atoms with E-state index in [4.69, 9.17) is 0 Å². The van der Waals surface area contributed by atoms with Gasteiger partial charge in [-0.1, -0.05) is 24.3 Å². The maximum atomic E-state index is 12.9. The number of halogens is 3. The number of para-hydroxylation sites is 1. The van der Waals surface area contributed by atoms with Gasteiger partial charge in [0.15, 0.2) is 5.13 Å². The summed E-state index contributed by atoms with van der Waals surface area (Å²) >= 11 is 2.41. The van der Waals surface area contributed by atoms with E-state index >= 15 is 0 Å². The fraction of sp³-hybridized carbons (Fsp3) is 0.158. The first-order valence-electron chi connectivity index (χ1n) is 7.95. The lowest BCUT2D eigenvalue weighted by Crippen LogP contribution is -2.27. The molecule has 2 aromatic carbocycles. The summed E-state index contributed by atoms with van der Waals surface area (Å²) in [5, 5.41) is 2.38. The van der Waals surface area contributed by atoms with Gasteiger partial charge in [0.05, 0.1) is 22.7 Å². The Balaban J connectivity index is 1.80. The van der Waals surface area contributed by atoms with Crippen molar-refractivity contribution in [2.45, 2.75) is 18.0 Å². The van der Waals surface area contributed by atoms with Crippen molar-refractivity contribution in [3.63, 3.8) is 0 Å². The Kier molecular flexibility index (Phi) is 5.86. The summed E-state index contributed by atoms with van der Waals surface area (Å²) in [6, 6.07) is 14.0. The maximum Gasteiger partial charge on any atom is 0.416 e. The first-order chi connectivity index (χ1) is 12.8. The summed E-state index contributed by atoms with van der Waals surface area (Å²) in [7, 11) is 0. The Morgan fingerprint density at radius 1 is 1.15 bits per heavy atom. The van der Waals surface area contributed by atoms with Gasteiger partial charge in [0.25, 0.3) is 0 Å². The van der Waals surface area contributed by atoms with Crippen molar-refractivity contribution in [2.24, 2.45) is 0 Å². The molecule has 27 heavy (non-hydrogen) atoms. The van der Waals surface area contributed by atoms with E-state index < -0.39 is 11.7 Å². The Morgan fingerprint density at radius 3 is 2.52 bits per heavy atom. The van der Waals surface area contributed by atoms with E-state index in [1.165, 1.54) is 22.3 Å². The van der Waals surface area contributed by atoms with Gasteiger partial charge in [0.1, 0.15) is 0 Å². The first-order valence-corrected chi connectivity index (χ1v) is 9.81. The first kappa shape index (κ1) is 19.4. The van der Waals surface area contributed by atoms with Crippen molar-refractivity contribution >= 4 is 39.8 Å². The van der Waals surface area contributed by atoms with Crippen LogP contribution in [0.2, 0.25) is 0 Å². The second kappa shape index (κ2) is 8.14. The van der Waals surface area contributed by atoms with Crippen LogP contribution in [0.5, 0.6) is 0 Å². The smallest absolute Gasteiger partial charge is 0.273 e. The number of thioether (sulfide) groups is 1. The number of aryl methyl sites for hydroxylation is 1. The van der Waals surface area contributed by atoms with Crippen LogP contribution in [0.15, 0.2) is 64.9 Å². The van der Waals surface area contributed by atoms with Gasteiger partial charge >= 0.3 is 6.18 Å². The molecule has 0 N–H and O–H groups in total. The molecule has 0 atom stereocenters.